The SMILES string of the molecule is Cc1cncc(C(O)C2COC(C)C2)c1. The fraction of sp³-hybridized carbons (Fsp3) is 0.583. The Hall–Kier alpha value is -0.930. The predicted octanol–water partition coefficient (Wildman–Crippen LogP) is 1.85. The molecule has 0 bridgehead atoms. The quantitative estimate of drug-likeness (QED) is 0.804. The highest BCUT2D eigenvalue weighted by Gasteiger charge is 2.29. The van der Waals surface area contributed by atoms with Crippen molar-refractivity contribution in [2.24, 2.45) is 5.92 Å². The van der Waals surface area contributed by atoms with Gasteiger partial charge >= 0.3 is 0 Å². The van der Waals surface area contributed by atoms with E-state index in [1.54, 1.807) is 12.4 Å². The summed E-state index contributed by atoms with van der Waals surface area (Å²) in [5.74, 6) is 0.212. The number of aliphatic hydroxyl groups is 1. The molecule has 1 N–H and O–H groups in total. The number of aryl methyl sites for hydroxylation is 1. The third-order valence-electron chi connectivity index (χ3n) is 2.91. The fourth-order valence-corrected chi connectivity index (χ4v) is 2.08. The molecule has 2 rings (SSSR count). The highest BCUT2D eigenvalue weighted by atomic mass is 16.5. The molecule has 1 aliphatic heterocycles. The summed E-state index contributed by atoms with van der Waals surface area (Å²) in [6, 6.07) is 1.99. The van der Waals surface area contributed by atoms with Gasteiger partial charge in [0.1, 0.15) is 0 Å². The molecule has 3 atom stereocenters. The van der Waals surface area contributed by atoms with Gasteiger partial charge in [0.05, 0.1) is 18.8 Å². The van der Waals surface area contributed by atoms with Crippen molar-refractivity contribution >= 4 is 0 Å². The molecule has 0 radical (unpaired) electrons. The number of ether oxygens (including phenoxy) is 1. The first-order chi connectivity index (χ1) is 7.16. The molecule has 1 aromatic heterocycles. The summed E-state index contributed by atoms with van der Waals surface area (Å²) in [6.07, 6.45) is 4.28. The molecular formula is C12H17NO2. The van der Waals surface area contributed by atoms with Crippen LogP contribution in [0, 0.1) is 12.8 Å². The van der Waals surface area contributed by atoms with Crippen molar-refractivity contribution in [3.8, 4) is 0 Å². The molecule has 15 heavy (non-hydrogen) atoms. The number of hydrogen-bond donors (Lipinski definition) is 1. The minimum atomic E-state index is -0.442. The van der Waals surface area contributed by atoms with Crippen LogP contribution in [-0.4, -0.2) is 22.8 Å². The molecule has 0 spiro atoms. The van der Waals surface area contributed by atoms with E-state index in [9.17, 15) is 5.11 Å². The molecule has 1 fully saturated rings. The van der Waals surface area contributed by atoms with Crippen molar-refractivity contribution in [1.29, 1.82) is 0 Å². The smallest absolute Gasteiger partial charge is 0.0856 e. The van der Waals surface area contributed by atoms with Crippen LogP contribution in [0.4, 0.5) is 0 Å². The Labute approximate surface area is 90.1 Å². The normalized spacial score (nSPS) is 27.9. The van der Waals surface area contributed by atoms with Gasteiger partial charge in [-0.05, 0) is 31.4 Å². The van der Waals surface area contributed by atoms with Crippen molar-refractivity contribution in [3.05, 3.63) is 29.6 Å². The average Bonchev–Trinajstić information content (AvgIpc) is 2.64. The lowest BCUT2D eigenvalue weighted by Crippen LogP contribution is -2.13. The maximum atomic E-state index is 10.1. The van der Waals surface area contributed by atoms with E-state index in [0.29, 0.717) is 6.61 Å². The van der Waals surface area contributed by atoms with Gasteiger partial charge in [0.15, 0.2) is 0 Å². The zero-order valence-corrected chi connectivity index (χ0v) is 9.18. The third kappa shape index (κ3) is 2.36. The van der Waals surface area contributed by atoms with Crippen LogP contribution in [0.5, 0.6) is 0 Å². The largest absolute Gasteiger partial charge is 0.388 e. The predicted molar refractivity (Wildman–Crippen MR) is 57.5 cm³/mol. The Morgan fingerprint density at radius 3 is 2.93 bits per heavy atom. The zero-order chi connectivity index (χ0) is 10.8. The van der Waals surface area contributed by atoms with Gasteiger partial charge in [-0.2, -0.15) is 0 Å². The van der Waals surface area contributed by atoms with E-state index < -0.39 is 6.10 Å². The van der Waals surface area contributed by atoms with Crippen LogP contribution in [0.3, 0.4) is 0 Å². The lowest BCUT2D eigenvalue weighted by Gasteiger charge is -2.16. The molecule has 0 saturated carbocycles. The van der Waals surface area contributed by atoms with E-state index in [1.807, 2.05) is 19.9 Å². The Morgan fingerprint density at radius 1 is 1.53 bits per heavy atom. The van der Waals surface area contributed by atoms with Crippen LogP contribution >= 0.6 is 0 Å². The van der Waals surface area contributed by atoms with Crippen LogP contribution in [0.15, 0.2) is 18.5 Å². The molecular weight excluding hydrogens is 190 g/mol. The summed E-state index contributed by atoms with van der Waals surface area (Å²) in [5, 5.41) is 10.1. The number of aliphatic hydroxyl groups excluding tert-OH is 1. The lowest BCUT2D eigenvalue weighted by molar-refractivity contribution is 0.0802. The molecule has 3 nitrogen and oxygen atoms in total. The molecule has 1 aromatic rings. The van der Waals surface area contributed by atoms with Gasteiger partial charge in [0.2, 0.25) is 0 Å². The van der Waals surface area contributed by atoms with E-state index in [2.05, 4.69) is 4.98 Å². The Balaban J connectivity index is 2.10. The topological polar surface area (TPSA) is 42.4 Å². The monoisotopic (exact) mass is 207 g/mol. The summed E-state index contributed by atoms with van der Waals surface area (Å²) in [6.45, 7) is 4.68. The molecule has 0 aliphatic carbocycles. The highest BCUT2D eigenvalue weighted by molar-refractivity contribution is 5.19. The van der Waals surface area contributed by atoms with Crippen molar-refractivity contribution in [1.82, 2.24) is 4.98 Å². The first kappa shape index (κ1) is 10.6. The van der Waals surface area contributed by atoms with Crippen molar-refractivity contribution in [2.45, 2.75) is 32.5 Å². The minimum absolute atomic E-state index is 0.212. The van der Waals surface area contributed by atoms with Crippen LogP contribution in [0.2, 0.25) is 0 Å². The van der Waals surface area contributed by atoms with Gasteiger partial charge in [-0.25, -0.2) is 0 Å². The van der Waals surface area contributed by atoms with Crippen molar-refractivity contribution < 1.29 is 9.84 Å². The molecule has 1 saturated heterocycles. The number of rotatable bonds is 2. The number of aromatic nitrogens is 1. The van der Waals surface area contributed by atoms with E-state index in [4.69, 9.17) is 4.74 Å². The maximum absolute atomic E-state index is 10.1. The second kappa shape index (κ2) is 4.29. The standard InChI is InChI=1S/C12H17NO2/c1-8-3-10(6-13-5-8)12(14)11-4-9(2)15-7-11/h3,5-6,9,11-12,14H,4,7H2,1-2H3. The molecule has 0 aromatic carbocycles. The highest BCUT2D eigenvalue weighted by Crippen LogP contribution is 2.31. The number of hydrogen-bond acceptors (Lipinski definition) is 3. The first-order valence-corrected chi connectivity index (χ1v) is 5.38. The van der Waals surface area contributed by atoms with Crippen LogP contribution in [0.25, 0.3) is 0 Å². The number of pyridine rings is 1. The molecule has 82 valence electrons. The van der Waals surface area contributed by atoms with Gasteiger partial charge in [-0.1, -0.05) is 6.07 Å². The van der Waals surface area contributed by atoms with Crippen LogP contribution < -0.4 is 0 Å². The first-order valence-electron chi connectivity index (χ1n) is 5.38. The molecule has 3 heteroatoms. The summed E-state index contributed by atoms with van der Waals surface area (Å²) in [7, 11) is 0. The van der Waals surface area contributed by atoms with Crippen LogP contribution in [-0.2, 0) is 4.74 Å². The van der Waals surface area contributed by atoms with Crippen molar-refractivity contribution in [3.63, 3.8) is 0 Å². The average molecular weight is 207 g/mol. The van der Waals surface area contributed by atoms with Crippen LogP contribution in [0.1, 0.15) is 30.6 Å². The second-order valence-corrected chi connectivity index (χ2v) is 4.38. The van der Waals surface area contributed by atoms with Crippen molar-refractivity contribution in [2.75, 3.05) is 6.61 Å². The molecule has 1 aliphatic rings. The van der Waals surface area contributed by atoms with E-state index >= 15 is 0 Å². The maximum Gasteiger partial charge on any atom is 0.0856 e. The zero-order valence-electron chi connectivity index (χ0n) is 9.18. The summed E-state index contributed by atoms with van der Waals surface area (Å²) in [4.78, 5) is 4.09. The minimum Gasteiger partial charge on any atom is -0.388 e. The van der Waals surface area contributed by atoms with E-state index in [-0.39, 0.29) is 12.0 Å². The summed E-state index contributed by atoms with van der Waals surface area (Å²) < 4.78 is 5.46. The lowest BCUT2D eigenvalue weighted by atomic mass is 9.94. The van der Waals surface area contributed by atoms with Gasteiger partial charge in [-0.15, -0.1) is 0 Å². The molecule has 0 amide bonds. The Kier molecular flexibility index (Phi) is 3.03. The van der Waals surface area contributed by atoms with Gasteiger partial charge in [-0.3, -0.25) is 4.98 Å². The van der Waals surface area contributed by atoms with E-state index in [1.165, 1.54) is 0 Å². The Morgan fingerprint density at radius 2 is 2.33 bits per heavy atom. The molecule has 3 unspecified atom stereocenters. The molecule has 2 heterocycles. The van der Waals surface area contributed by atoms with E-state index in [0.717, 1.165) is 17.5 Å². The third-order valence-corrected chi connectivity index (χ3v) is 2.91. The van der Waals surface area contributed by atoms with Gasteiger partial charge < -0.3 is 9.84 Å². The summed E-state index contributed by atoms with van der Waals surface area (Å²) in [5.41, 5.74) is 1.98. The fourth-order valence-electron chi connectivity index (χ4n) is 2.08. The number of nitrogens with zero attached hydrogens (tertiary/aromatic N) is 1. The Bertz CT molecular complexity index is 340. The summed E-state index contributed by atoms with van der Waals surface area (Å²) >= 11 is 0. The van der Waals surface area contributed by atoms with Gasteiger partial charge in [0.25, 0.3) is 0 Å². The van der Waals surface area contributed by atoms with Gasteiger partial charge in [0, 0.05) is 18.3 Å². The second-order valence-electron chi connectivity index (χ2n) is 4.38.